The van der Waals surface area contributed by atoms with Crippen molar-refractivity contribution in [3.05, 3.63) is 48.0 Å². The molecule has 0 radical (unpaired) electrons. The van der Waals surface area contributed by atoms with Crippen LogP contribution in [0.3, 0.4) is 0 Å². The van der Waals surface area contributed by atoms with Gasteiger partial charge >= 0.3 is 5.97 Å². The van der Waals surface area contributed by atoms with Crippen LogP contribution < -0.4 is 27.8 Å². The molecule has 11 N–H and O–H groups in total. The van der Waals surface area contributed by atoms with Crippen LogP contribution in [0.5, 0.6) is 5.75 Å². The van der Waals surface area contributed by atoms with Crippen molar-refractivity contribution in [3.63, 3.8) is 0 Å². The van der Waals surface area contributed by atoms with Gasteiger partial charge in [0.05, 0.1) is 12.4 Å². The van der Waals surface area contributed by atoms with Gasteiger partial charge in [-0.25, -0.2) is 9.78 Å². The number of aliphatic imine (C=N–C) groups is 1. The van der Waals surface area contributed by atoms with E-state index >= 15 is 0 Å². The van der Waals surface area contributed by atoms with Gasteiger partial charge in [-0.05, 0) is 43.4 Å². The maximum absolute atomic E-state index is 13.4. The largest absolute Gasteiger partial charge is 0.508 e. The lowest BCUT2D eigenvalue weighted by molar-refractivity contribution is -0.143. The molecule has 3 amide bonds. The first-order valence-electron chi connectivity index (χ1n) is 13.2. The standard InChI is InChI=1S/C26H37N9O6/c27-18(3-1-9-31-26(28)29)24(39)35-10-2-4-21(35)23(38)33-19(12-16-13-30-14-32-16)22(37)34-20(25(40)41)11-15-5-7-17(36)8-6-15/h5-8,13-14,18-21,36H,1-4,9-12,27H2,(H,30,32)(H,33,38)(H,34,37)(H,40,41)(H4,28,29,31). The van der Waals surface area contributed by atoms with Gasteiger partial charge in [0.2, 0.25) is 17.7 Å². The van der Waals surface area contributed by atoms with Gasteiger partial charge in [0.25, 0.3) is 0 Å². The number of aliphatic carboxylic acids is 1. The number of carbonyl (C=O) groups excluding carboxylic acids is 3. The van der Waals surface area contributed by atoms with Gasteiger partial charge in [-0.15, -0.1) is 0 Å². The number of imidazole rings is 1. The Morgan fingerprint density at radius 3 is 2.49 bits per heavy atom. The summed E-state index contributed by atoms with van der Waals surface area (Å²) >= 11 is 0. The minimum atomic E-state index is -1.30. The van der Waals surface area contributed by atoms with Gasteiger partial charge in [0, 0.05) is 37.8 Å². The molecule has 0 spiro atoms. The number of amides is 3. The van der Waals surface area contributed by atoms with Crippen LogP contribution >= 0.6 is 0 Å². The Morgan fingerprint density at radius 2 is 1.85 bits per heavy atom. The van der Waals surface area contributed by atoms with Gasteiger partial charge < -0.3 is 47.9 Å². The number of aromatic nitrogens is 2. The lowest BCUT2D eigenvalue weighted by Gasteiger charge is -2.28. The monoisotopic (exact) mass is 571 g/mol. The van der Waals surface area contributed by atoms with E-state index in [1.165, 1.54) is 29.6 Å². The summed E-state index contributed by atoms with van der Waals surface area (Å²) in [4.78, 5) is 63.7. The second kappa shape index (κ2) is 14.6. The highest BCUT2D eigenvalue weighted by atomic mass is 16.4. The highest BCUT2D eigenvalue weighted by molar-refractivity contribution is 5.94. The molecule has 0 aliphatic carbocycles. The number of carbonyl (C=O) groups is 4. The number of H-pyrrole nitrogens is 1. The zero-order valence-corrected chi connectivity index (χ0v) is 22.5. The molecule has 1 aliphatic rings. The predicted molar refractivity (Wildman–Crippen MR) is 148 cm³/mol. The molecule has 1 aromatic heterocycles. The van der Waals surface area contributed by atoms with E-state index in [1.807, 2.05) is 0 Å². The summed E-state index contributed by atoms with van der Waals surface area (Å²) in [6.07, 6.45) is 4.64. The first-order chi connectivity index (χ1) is 19.5. The minimum absolute atomic E-state index is 0.00803. The third-order valence-electron chi connectivity index (χ3n) is 6.73. The van der Waals surface area contributed by atoms with Crippen LogP contribution in [0.15, 0.2) is 41.8 Å². The number of hydrogen-bond donors (Lipinski definition) is 8. The smallest absolute Gasteiger partial charge is 0.326 e. The van der Waals surface area contributed by atoms with Crippen molar-refractivity contribution in [2.75, 3.05) is 13.1 Å². The van der Waals surface area contributed by atoms with Gasteiger partial charge in [-0.3, -0.25) is 19.4 Å². The second-order valence-corrected chi connectivity index (χ2v) is 9.86. The SMILES string of the molecule is NC(N)=NCCCC(N)C(=O)N1CCCC1C(=O)NC(Cc1cnc[nH]1)C(=O)NC(Cc1ccc(O)cc1)C(=O)O. The van der Waals surface area contributed by atoms with Gasteiger partial charge in [0.1, 0.15) is 23.9 Å². The van der Waals surface area contributed by atoms with Crippen molar-refractivity contribution >= 4 is 29.7 Å². The molecular formula is C26H37N9O6. The summed E-state index contributed by atoms with van der Waals surface area (Å²) < 4.78 is 0. The van der Waals surface area contributed by atoms with Gasteiger partial charge in [0.15, 0.2) is 5.96 Å². The average molecular weight is 572 g/mol. The van der Waals surface area contributed by atoms with E-state index in [2.05, 4.69) is 25.6 Å². The molecule has 15 nitrogen and oxygen atoms in total. The number of hydrogen-bond acceptors (Lipinski definition) is 8. The predicted octanol–water partition coefficient (Wildman–Crippen LogP) is -1.67. The molecule has 0 saturated carbocycles. The molecule has 1 saturated heterocycles. The fourth-order valence-corrected chi connectivity index (χ4v) is 4.59. The fourth-order valence-electron chi connectivity index (χ4n) is 4.59. The number of nitrogens with two attached hydrogens (primary N) is 3. The Hall–Kier alpha value is -4.66. The summed E-state index contributed by atoms with van der Waals surface area (Å²) in [5.74, 6) is -2.94. The average Bonchev–Trinajstić information content (AvgIpc) is 3.63. The number of rotatable bonds is 14. The van der Waals surface area contributed by atoms with Crippen LogP contribution in [0.2, 0.25) is 0 Å². The quantitative estimate of drug-likeness (QED) is 0.0726. The third-order valence-corrected chi connectivity index (χ3v) is 6.73. The second-order valence-electron chi connectivity index (χ2n) is 9.86. The molecule has 1 aromatic carbocycles. The lowest BCUT2D eigenvalue weighted by atomic mass is 10.0. The zero-order chi connectivity index (χ0) is 29.9. The van der Waals surface area contributed by atoms with Crippen LogP contribution in [-0.4, -0.2) is 92.0 Å². The number of guanidine groups is 1. The maximum Gasteiger partial charge on any atom is 0.326 e. The topological polar surface area (TPSA) is 255 Å². The number of benzene rings is 1. The van der Waals surface area contributed by atoms with Crippen LogP contribution in [0.25, 0.3) is 0 Å². The van der Waals surface area contributed by atoms with E-state index in [0.29, 0.717) is 50.0 Å². The highest BCUT2D eigenvalue weighted by Gasteiger charge is 2.38. The Kier molecular flexibility index (Phi) is 11.0. The van der Waals surface area contributed by atoms with Gasteiger partial charge in [-0.2, -0.15) is 0 Å². The number of likely N-dealkylation sites (tertiary alicyclic amines) is 1. The number of nitrogens with one attached hydrogen (secondary N) is 3. The summed E-state index contributed by atoms with van der Waals surface area (Å²) in [6.45, 7) is 0.658. The van der Waals surface area contributed by atoms with E-state index < -0.39 is 42.0 Å². The van der Waals surface area contributed by atoms with Crippen molar-refractivity contribution in [1.29, 1.82) is 0 Å². The highest BCUT2D eigenvalue weighted by Crippen LogP contribution is 2.20. The molecule has 4 atom stereocenters. The fraction of sp³-hybridized carbons (Fsp3) is 0.462. The first kappa shape index (κ1) is 30.9. The van der Waals surface area contributed by atoms with E-state index in [4.69, 9.17) is 17.2 Å². The van der Waals surface area contributed by atoms with E-state index in [9.17, 15) is 29.4 Å². The molecule has 3 rings (SSSR count). The summed E-state index contributed by atoms with van der Waals surface area (Å²) in [5, 5.41) is 24.4. The van der Waals surface area contributed by atoms with Crippen molar-refractivity contribution in [2.24, 2.45) is 22.2 Å². The molecule has 2 aromatic rings. The molecule has 0 bridgehead atoms. The Labute approximate surface area is 236 Å². The summed E-state index contributed by atoms with van der Waals surface area (Å²) in [6, 6.07) is 1.81. The van der Waals surface area contributed by atoms with E-state index in [1.54, 1.807) is 12.1 Å². The minimum Gasteiger partial charge on any atom is -0.508 e. The van der Waals surface area contributed by atoms with Crippen LogP contribution in [-0.2, 0) is 32.0 Å². The van der Waals surface area contributed by atoms with Crippen LogP contribution in [0, 0.1) is 0 Å². The van der Waals surface area contributed by atoms with Crippen molar-refractivity contribution in [2.45, 2.75) is 62.7 Å². The zero-order valence-electron chi connectivity index (χ0n) is 22.5. The number of aromatic hydroxyl groups is 1. The summed E-state index contributed by atoms with van der Waals surface area (Å²) in [5.41, 5.74) is 17.8. The van der Waals surface area contributed by atoms with E-state index in [-0.39, 0.29) is 30.5 Å². The molecule has 222 valence electrons. The van der Waals surface area contributed by atoms with Crippen molar-refractivity contribution in [3.8, 4) is 5.75 Å². The van der Waals surface area contributed by atoms with Crippen molar-refractivity contribution in [1.82, 2.24) is 25.5 Å². The van der Waals surface area contributed by atoms with Crippen LogP contribution in [0.1, 0.15) is 36.9 Å². The number of nitrogens with zero attached hydrogens (tertiary/aromatic N) is 3. The van der Waals surface area contributed by atoms with Gasteiger partial charge in [-0.1, -0.05) is 12.1 Å². The number of aromatic amines is 1. The Balaban J connectivity index is 1.68. The van der Waals surface area contributed by atoms with Crippen LogP contribution in [0.4, 0.5) is 0 Å². The third kappa shape index (κ3) is 9.20. The molecule has 15 heteroatoms. The molecule has 4 unspecified atom stereocenters. The molecule has 1 aliphatic heterocycles. The Bertz CT molecular complexity index is 1210. The summed E-state index contributed by atoms with van der Waals surface area (Å²) in [7, 11) is 0. The molecule has 2 heterocycles. The molecule has 1 fully saturated rings. The number of carboxylic acid groups (broad SMARTS) is 1. The maximum atomic E-state index is 13.4. The van der Waals surface area contributed by atoms with E-state index in [0.717, 1.165) is 0 Å². The number of phenolic OH excluding ortho intramolecular Hbond substituents is 1. The Morgan fingerprint density at radius 1 is 1.12 bits per heavy atom. The van der Waals surface area contributed by atoms with Crippen molar-refractivity contribution < 1.29 is 29.4 Å². The normalized spacial score (nSPS) is 16.8. The molecule has 41 heavy (non-hydrogen) atoms. The first-order valence-corrected chi connectivity index (χ1v) is 13.2. The lowest BCUT2D eigenvalue weighted by Crippen LogP contribution is -2.57. The molecular weight excluding hydrogens is 534 g/mol. The number of carboxylic acids is 1. The number of phenols is 1.